The van der Waals surface area contributed by atoms with Gasteiger partial charge in [0.05, 0.1) is 5.52 Å². The van der Waals surface area contributed by atoms with E-state index in [1.54, 1.807) is 6.07 Å². The van der Waals surface area contributed by atoms with Crippen molar-refractivity contribution < 1.29 is 22.8 Å². The van der Waals surface area contributed by atoms with Gasteiger partial charge in [-0.15, -0.1) is 0 Å². The number of alkyl halides is 3. The van der Waals surface area contributed by atoms with Crippen LogP contribution in [0.3, 0.4) is 0 Å². The van der Waals surface area contributed by atoms with E-state index in [9.17, 15) is 22.8 Å². The van der Waals surface area contributed by atoms with Crippen molar-refractivity contribution in [1.82, 2.24) is 20.9 Å². The summed E-state index contributed by atoms with van der Waals surface area (Å²) in [6.45, 7) is 11.2. The lowest BCUT2D eigenvalue weighted by Crippen LogP contribution is -2.59. The van der Waals surface area contributed by atoms with Crippen molar-refractivity contribution in [1.29, 1.82) is 0 Å². The molecule has 4 N–H and O–H groups in total. The number of urea groups is 1. The third-order valence-electron chi connectivity index (χ3n) is 6.39. The van der Waals surface area contributed by atoms with Crippen LogP contribution in [0.1, 0.15) is 72.9 Å². The third kappa shape index (κ3) is 8.12. The van der Waals surface area contributed by atoms with Crippen LogP contribution >= 0.6 is 11.6 Å². The molecule has 0 unspecified atom stereocenters. The fourth-order valence-electron chi connectivity index (χ4n) is 4.53. The first kappa shape index (κ1) is 29.8. The molecule has 210 valence electrons. The van der Waals surface area contributed by atoms with E-state index >= 15 is 0 Å². The Labute approximate surface area is 226 Å². The van der Waals surface area contributed by atoms with Gasteiger partial charge in [0.25, 0.3) is 0 Å². The Morgan fingerprint density at radius 3 is 2.13 bits per heavy atom. The normalized spacial score (nSPS) is 19.5. The number of fused-ring (bicyclic) bond motifs is 1. The first-order valence-corrected chi connectivity index (χ1v) is 13.1. The van der Waals surface area contributed by atoms with Gasteiger partial charge in [0, 0.05) is 33.7 Å². The Bertz CT molecular complexity index is 1170. The minimum absolute atomic E-state index is 0.0806. The van der Waals surface area contributed by atoms with Crippen molar-refractivity contribution >= 4 is 40.1 Å². The number of benzene rings is 1. The Balaban J connectivity index is 1.66. The number of aromatic nitrogens is 1. The van der Waals surface area contributed by atoms with E-state index in [4.69, 9.17) is 11.6 Å². The van der Waals surface area contributed by atoms with Gasteiger partial charge in [0.15, 0.2) is 0 Å². The smallest absolute Gasteiger partial charge is 0.382 e. The van der Waals surface area contributed by atoms with Crippen molar-refractivity contribution in [2.24, 2.45) is 5.41 Å². The molecule has 3 rings (SSSR count). The van der Waals surface area contributed by atoms with E-state index < -0.39 is 34.9 Å². The Hall–Kier alpha value is -2.75. The van der Waals surface area contributed by atoms with Gasteiger partial charge in [0.1, 0.15) is 11.7 Å². The van der Waals surface area contributed by atoms with Crippen LogP contribution in [0.2, 0.25) is 5.02 Å². The van der Waals surface area contributed by atoms with E-state index in [2.05, 4.69) is 26.3 Å². The zero-order valence-corrected chi connectivity index (χ0v) is 23.4. The summed E-state index contributed by atoms with van der Waals surface area (Å²) in [5.74, 6) is -0.262. The largest absolute Gasteiger partial charge is 0.433 e. The third-order valence-corrected chi connectivity index (χ3v) is 6.62. The minimum Gasteiger partial charge on any atom is -0.382 e. The lowest BCUT2D eigenvalue weighted by Gasteiger charge is -2.35. The second kappa shape index (κ2) is 11.2. The van der Waals surface area contributed by atoms with E-state index in [0.29, 0.717) is 41.8 Å². The molecule has 2 aromatic rings. The number of carbonyl (C=O) groups excluding carboxylic acids is 2. The maximum atomic E-state index is 13.4. The molecule has 38 heavy (non-hydrogen) atoms. The highest BCUT2D eigenvalue weighted by atomic mass is 35.5. The highest BCUT2D eigenvalue weighted by molar-refractivity contribution is 6.31. The Morgan fingerprint density at radius 2 is 1.58 bits per heavy atom. The number of nitrogens with zero attached hydrogens (tertiary/aromatic N) is 1. The fraction of sp³-hybridized carbons (Fsp3) is 0.593. The van der Waals surface area contributed by atoms with Gasteiger partial charge in [-0.3, -0.25) is 4.79 Å². The molecule has 3 amide bonds. The van der Waals surface area contributed by atoms with Gasteiger partial charge in [0.2, 0.25) is 5.91 Å². The van der Waals surface area contributed by atoms with Crippen molar-refractivity contribution in [2.45, 2.75) is 97.1 Å². The highest BCUT2D eigenvalue weighted by Gasteiger charge is 2.36. The van der Waals surface area contributed by atoms with Crippen LogP contribution in [-0.4, -0.2) is 40.6 Å². The van der Waals surface area contributed by atoms with Gasteiger partial charge in [-0.25, -0.2) is 9.78 Å². The molecule has 1 aliphatic carbocycles. The number of pyridine rings is 1. The zero-order valence-electron chi connectivity index (χ0n) is 22.6. The zero-order chi connectivity index (χ0) is 28.5. The van der Waals surface area contributed by atoms with Gasteiger partial charge in [-0.1, -0.05) is 32.4 Å². The molecule has 0 bridgehead atoms. The molecule has 0 aliphatic heterocycles. The molecular formula is C27H37ClF3N5O2. The van der Waals surface area contributed by atoms with Crippen LogP contribution in [0.4, 0.5) is 23.7 Å². The summed E-state index contributed by atoms with van der Waals surface area (Å²) < 4.78 is 40.3. The van der Waals surface area contributed by atoms with Crippen molar-refractivity contribution in [3.63, 3.8) is 0 Å². The number of hydrogen-bond acceptors (Lipinski definition) is 4. The number of anilines is 1. The second-order valence-electron chi connectivity index (χ2n) is 12.1. The van der Waals surface area contributed by atoms with Crippen LogP contribution < -0.4 is 21.3 Å². The Morgan fingerprint density at radius 1 is 0.974 bits per heavy atom. The number of halogens is 4. The van der Waals surface area contributed by atoms with Gasteiger partial charge >= 0.3 is 12.2 Å². The van der Waals surface area contributed by atoms with E-state index in [1.165, 1.54) is 12.1 Å². The summed E-state index contributed by atoms with van der Waals surface area (Å²) in [7, 11) is 0. The maximum absolute atomic E-state index is 13.4. The quantitative estimate of drug-likeness (QED) is 0.350. The fourth-order valence-corrected chi connectivity index (χ4v) is 4.70. The van der Waals surface area contributed by atoms with Gasteiger partial charge in [-0.05, 0) is 76.1 Å². The molecule has 1 saturated carbocycles. The van der Waals surface area contributed by atoms with Crippen molar-refractivity contribution in [2.75, 3.05) is 5.32 Å². The number of amides is 3. The average molecular weight is 556 g/mol. The molecule has 1 aromatic carbocycles. The summed E-state index contributed by atoms with van der Waals surface area (Å²) in [5.41, 5.74) is -1.38. The SMILES string of the molecule is CC(C)(C)NC(=O)N[C@H](C(=O)NC1CCC(Nc2cc(C(F)(F)F)nc3ccc(Cl)cc23)CC1)C(C)(C)C. The lowest BCUT2D eigenvalue weighted by atomic mass is 9.85. The molecule has 1 fully saturated rings. The topological polar surface area (TPSA) is 95.2 Å². The summed E-state index contributed by atoms with van der Waals surface area (Å²) in [6.07, 6.45) is -1.99. The van der Waals surface area contributed by atoms with Gasteiger partial charge < -0.3 is 21.3 Å². The Kier molecular flexibility index (Phi) is 8.75. The van der Waals surface area contributed by atoms with Crippen molar-refractivity contribution in [3.8, 4) is 0 Å². The first-order chi connectivity index (χ1) is 17.4. The van der Waals surface area contributed by atoms with Crippen molar-refractivity contribution in [3.05, 3.63) is 35.0 Å². The van der Waals surface area contributed by atoms with Gasteiger partial charge in [-0.2, -0.15) is 13.2 Å². The minimum atomic E-state index is -4.58. The number of carbonyl (C=O) groups is 2. The van der Waals surface area contributed by atoms with Crippen LogP contribution in [-0.2, 0) is 11.0 Å². The number of rotatable bonds is 5. The van der Waals surface area contributed by atoms with Crippen LogP contribution in [0.25, 0.3) is 10.9 Å². The molecule has 1 heterocycles. The van der Waals surface area contributed by atoms with E-state index in [-0.39, 0.29) is 23.5 Å². The molecule has 0 radical (unpaired) electrons. The molecule has 1 atom stereocenters. The molecule has 1 aliphatic rings. The summed E-state index contributed by atoms with van der Waals surface area (Å²) >= 11 is 6.10. The predicted octanol–water partition coefficient (Wildman–Crippen LogP) is 6.26. The average Bonchev–Trinajstić information content (AvgIpc) is 2.76. The lowest BCUT2D eigenvalue weighted by molar-refractivity contribution is -0.140. The summed E-state index contributed by atoms with van der Waals surface area (Å²) in [4.78, 5) is 29.3. The van der Waals surface area contributed by atoms with Crippen LogP contribution in [0.5, 0.6) is 0 Å². The van der Waals surface area contributed by atoms with Crippen LogP contribution in [0.15, 0.2) is 24.3 Å². The molecular weight excluding hydrogens is 519 g/mol. The molecule has 0 saturated heterocycles. The monoisotopic (exact) mass is 555 g/mol. The molecule has 7 nitrogen and oxygen atoms in total. The standard InChI is InChI=1S/C27H37ClF3N5O2/c1-25(2,3)22(35-24(38)36-26(4,5)6)23(37)33-17-10-8-16(9-11-17)32-20-14-21(27(29,30)31)34-19-12-7-15(28)13-18(19)20/h7,12-14,16-17,22H,8-11H2,1-6H3,(H,32,34)(H,33,37)(H2,35,36,38)/t16?,17?,22-/m1/s1. The van der Waals surface area contributed by atoms with E-state index in [0.717, 1.165) is 6.07 Å². The number of nitrogens with one attached hydrogen (secondary N) is 4. The molecule has 1 aromatic heterocycles. The predicted molar refractivity (Wildman–Crippen MR) is 144 cm³/mol. The molecule has 11 heteroatoms. The highest BCUT2D eigenvalue weighted by Crippen LogP contribution is 2.35. The molecule has 0 spiro atoms. The number of hydrogen-bond donors (Lipinski definition) is 4. The maximum Gasteiger partial charge on any atom is 0.433 e. The summed E-state index contributed by atoms with van der Waals surface area (Å²) in [5, 5.41) is 12.9. The summed E-state index contributed by atoms with van der Waals surface area (Å²) in [6, 6.07) is 4.28. The second-order valence-corrected chi connectivity index (χ2v) is 12.5. The first-order valence-electron chi connectivity index (χ1n) is 12.8. The van der Waals surface area contributed by atoms with E-state index in [1.807, 2.05) is 41.5 Å². The van der Waals surface area contributed by atoms with Crippen LogP contribution in [0, 0.1) is 5.41 Å².